The van der Waals surface area contributed by atoms with Crippen molar-refractivity contribution in [1.29, 1.82) is 0 Å². The number of nitrogens with zero attached hydrogens (tertiary/aromatic N) is 2. The minimum atomic E-state index is 0.451. The topological polar surface area (TPSA) is 21.6 Å². The molecule has 0 aromatic heterocycles. The molecule has 1 fully saturated rings. The lowest BCUT2D eigenvalue weighted by Gasteiger charge is -2.38. The average molecular weight is 227 g/mol. The first-order valence-corrected chi connectivity index (χ1v) is 6.14. The SMILES string of the molecule is CON=C1CCC(C)(C)CC1C[N+](C)(C)C. The molecule has 0 aliphatic heterocycles. The molecular weight excluding hydrogens is 200 g/mol. The molecule has 16 heavy (non-hydrogen) atoms. The van der Waals surface area contributed by atoms with E-state index in [4.69, 9.17) is 4.84 Å². The molecule has 1 aliphatic rings. The Morgan fingerprint density at radius 1 is 1.38 bits per heavy atom. The molecule has 3 nitrogen and oxygen atoms in total. The van der Waals surface area contributed by atoms with Gasteiger partial charge < -0.3 is 9.32 Å². The summed E-state index contributed by atoms with van der Waals surface area (Å²) in [7, 11) is 8.37. The Morgan fingerprint density at radius 3 is 2.50 bits per heavy atom. The van der Waals surface area contributed by atoms with E-state index in [9.17, 15) is 0 Å². The molecule has 0 aromatic rings. The first-order chi connectivity index (χ1) is 7.23. The summed E-state index contributed by atoms with van der Waals surface area (Å²) >= 11 is 0. The van der Waals surface area contributed by atoms with Crippen molar-refractivity contribution in [3.05, 3.63) is 0 Å². The van der Waals surface area contributed by atoms with Crippen LogP contribution >= 0.6 is 0 Å². The molecule has 0 N–H and O–H groups in total. The van der Waals surface area contributed by atoms with Gasteiger partial charge in [0.1, 0.15) is 7.11 Å². The minimum absolute atomic E-state index is 0.451. The summed E-state index contributed by atoms with van der Waals surface area (Å²) in [4.78, 5) is 4.98. The van der Waals surface area contributed by atoms with Gasteiger partial charge in [-0.1, -0.05) is 19.0 Å². The fourth-order valence-corrected chi connectivity index (χ4v) is 2.63. The standard InChI is InChI=1S/C13H27N2O/c1-13(2)8-7-12(14-16-6)11(9-13)10-15(3,4)5/h11H,7-10H2,1-6H3/q+1. The molecule has 1 unspecified atom stereocenters. The van der Waals surface area contributed by atoms with Gasteiger partial charge in [-0.25, -0.2) is 0 Å². The van der Waals surface area contributed by atoms with Gasteiger partial charge in [-0.15, -0.1) is 0 Å². The second-order valence-electron chi connectivity index (χ2n) is 6.80. The number of hydrogen-bond acceptors (Lipinski definition) is 2. The summed E-state index contributed by atoms with van der Waals surface area (Å²) in [5.74, 6) is 0.573. The van der Waals surface area contributed by atoms with E-state index in [0.717, 1.165) is 17.4 Å². The summed E-state index contributed by atoms with van der Waals surface area (Å²) in [5.41, 5.74) is 1.71. The predicted octanol–water partition coefficient (Wildman–Crippen LogP) is 2.52. The molecule has 0 amide bonds. The number of oxime groups is 1. The molecule has 0 saturated heterocycles. The Kier molecular flexibility index (Phi) is 4.00. The normalized spacial score (nSPS) is 28.1. The molecule has 0 aromatic carbocycles. The zero-order valence-corrected chi connectivity index (χ0v) is 11.7. The summed E-state index contributed by atoms with van der Waals surface area (Å²) in [6.07, 6.45) is 3.54. The smallest absolute Gasteiger partial charge is 0.106 e. The maximum atomic E-state index is 4.98. The van der Waals surface area contributed by atoms with Gasteiger partial charge in [-0.2, -0.15) is 0 Å². The van der Waals surface area contributed by atoms with Crippen molar-refractivity contribution in [3.63, 3.8) is 0 Å². The largest absolute Gasteiger partial charge is 0.399 e. The average Bonchev–Trinajstić information content (AvgIpc) is 2.06. The highest BCUT2D eigenvalue weighted by Crippen LogP contribution is 2.37. The number of hydrogen-bond donors (Lipinski definition) is 0. The molecule has 1 rings (SSSR count). The second kappa shape index (κ2) is 4.74. The highest BCUT2D eigenvalue weighted by molar-refractivity contribution is 5.87. The fraction of sp³-hybridized carbons (Fsp3) is 0.923. The Balaban J connectivity index is 2.76. The van der Waals surface area contributed by atoms with Crippen LogP contribution in [0.1, 0.15) is 33.1 Å². The monoisotopic (exact) mass is 227 g/mol. The molecular formula is C13H27N2O+. The van der Waals surface area contributed by atoms with Gasteiger partial charge in [0.25, 0.3) is 0 Å². The Bertz CT molecular complexity index is 262. The third-order valence-corrected chi connectivity index (χ3v) is 3.30. The van der Waals surface area contributed by atoms with Crippen LogP contribution in [0.5, 0.6) is 0 Å². The van der Waals surface area contributed by atoms with Gasteiger partial charge >= 0.3 is 0 Å². The van der Waals surface area contributed by atoms with Crippen LogP contribution < -0.4 is 0 Å². The van der Waals surface area contributed by atoms with E-state index in [-0.39, 0.29) is 0 Å². The van der Waals surface area contributed by atoms with Crippen LogP contribution in [0.2, 0.25) is 0 Å². The first kappa shape index (κ1) is 13.5. The van der Waals surface area contributed by atoms with Gasteiger partial charge in [-0.05, 0) is 24.7 Å². The van der Waals surface area contributed by atoms with Crippen LogP contribution in [0.4, 0.5) is 0 Å². The van der Waals surface area contributed by atoms with Crippen molar-refractivity contribution < 1.29 is 9.32 Å². The Hall–Kier alpha value is -0.570. The first-order valence-electron chi connectivity index (χ1n) is 6.14. The summed E-state index contributed by atoms with van der Waals surface area (Å²) in [5, 5.41) is 4.22. The minimum Gasteiger partial charge on any atom is -0.399 e. The summed E-state index contributed by atoms with van der Waals surface area (Å²) < 4.78 is 0.990. The zero-order valence-electron chi connectivity index (χ0n) is 11.7. The molecule has 1 aliphatic carbocycles. The van der Waals surface area contributed by atoms with Gasteiger partial charge in [-0.3, -0.25) is 0 Å². The van der Waals surface area contributed by atoms with E-state index in [1.165, 1.54) is 18.6 Å². The number of quaternary nitrogens is 1. The lowest BCUT2D eigenvalue weighted by atomic mass is 9.71. The van der Waals surface area contributed by atoms with Gasteiger partial charge in [0, 0.05) is 0 Å². The van der Waals surface area contributed by atoms with E-state index in [1.807, 2.05) is 0 Å². The maximum Gasteiger partial charge on any atom is 0.106 e. The molecule has 1 saturated carbocycles. The van der Waals surface area contributed by atoms with Gasteiger partial charge in [0.05, 0.1) is 39.3 Å². The molecule has 1 atom stereocenters. The Morgan fingerprint density at radius 2 is 2.00 bits per heavy atom. The molecule has 0 bridgehead atoms. The van der Waals surface area contributed by atoms with Crippen molar-refractivity contribution in [1.82, 2.24) is 0 Å². The lowest BCUT2D eigenvalue weighted by molar-refractivity contribution is -0.872. The van der Waals surface area contributed by atoms with Gasteiger partial charge in [0.15, 0.2) is 0 Å². The third kappa shape index (κ3) is 4.12. The maximum absolute atomic E-state index is 4.98. The third-order valence-electron chi connectivity index (χ3n) is 3.30. The molecule has 94 valence electrons. The fourth-order valence-electron chi connectivity index (χ4n) is 2.63. The molecule has 3 heteroatoms. The van der Waals surface area contributed by atoms with E-state index in [2.05, 4.69) is 40.1 Å². The van der Waals surface area contributed by atoms with Crippen LogP contribution in [-0.4, -0.2) is 45.0 Å². The van der Waals surface area contributed by atoms with Crippen LogP contribution in [0.3, 0.4) is 0 Å². The van der Waals surface area contributed by atoms with E-state index >= 15 is 0 Å². The van der Waals surface area contributed by atoms with Crippen LogP contribution in [0.25, 0.3) is 0 Å². The van der Waals surface area contributed by atoms with Crippen molar-refractivity contribution in [2.75, 3.05) is 34.8 Å². The van der Waals surface area contributed by atoms with Crippen LogP contribution in [0, 0.1) is 11.3 Å². The summed E-state index contributed by atoms with van der Waals surface area (Å²) in [6, 6.07) is 0. The summed E-state index contributed by atoms with van der Waals surface area (Å²) in [6.45, 7) is 5.87. The molecule has 0 radical (unpaired) electrons. The highest BCUT2D eigenvalue weighted by Gasteiger charge is 2.35. The highest BCUT2D eigenvalue weighted by atomic mass is 16.6. The van der Waals surface area contributed by atoms with Crippen molar-refractivity contribution in [3.8, 4) is 0 Å². The van der Waals surface area contributed by atoms with Crippen molar-refractivity contribution >= 4 is 5.71 Å². The van der Waals surface area contributed by atoms with Crippen LogP contribution in [0.15, 0.2) is 5.16 Å². The predicted molar refractivity (Wildman–Crippen MR) is 68.5 cm³/mol. The van der Waals surface area contributed by atoms with Crippen molar-refractivity contribution in [2.24, 2.45) is 16.5 Å². The van der Waals surface area contributed by atoms with Crippen LogP contribution in [-0.2, 0) is 4.84 Å². The molecule has 0 spiro atoms. The number of rotatable bonds is 3. The lowest BCUT2D eigenvalue weighted by Crippen LogP contribution is -2.44. The Labute approximate surface area is 100 Å². The zero-order chi connectivity index (χ0) is 12.4. The van der Waals surface area contributed by atoms with Gasteiger partial charge in [0.2, 0.25) is 0 Å². The van der Waals surface area contributed by atoms with E-state index in [0.29, 0.717) is 11.3 Å². The van der Waals surface area contributed by atoms with E-state index in [1.54, 1.807) is 7.11 Å². The van der Waals surface area contributed by atoms with E-state index < -0.39 is 0 Å². The van der Waals surface area contributed by atoms with Crippen molar-refractivity contribution in [2.45, 2.75) is 33.1 Å². The second-order valence-corrected chi connectivity index (χ2v) is 6.80. The quantitative estimate of drug-likeness (QED) is 0.536. The molecule has 0 heterocycles.